The fraction of sp³-hybridized carbons (Fsp3) is 0.923. The molecular formula is C13H24N2O3S. The molecule has 5 nitrogen and oxygen atoms in total. The van der Waals surface area contributed by atoms with Crippen molar-refractivity contribution in [2.24, 2.45) is 5.92 Å². The molecule has 110 valence electrons. The van der Waals surface area contributed by atoms with E-state index in [9.17, 15) is 13.2 Å². The summed E-state index contributed by atoms with van der Waals surface area (Å²) in [7, 11) is -3.20. The van der Waals surface area contributed by atoms with E-state index in [0.717, 1.165) is 38.5 Å². The highest BCUT2D eigenvalue weighted by molar-refractivity contribution is 7.90. The Kier molecular flexibility index (Phi) is 4.50. The first kappa shape index (κ1) is 14.8. The first-order chi connectivity index (χ1) is 8.88. The van der Waals surface area contributed by atoms with Gasteiger partial charge >= 0.3 is 0 Å². The molecule has 0 radical (unpaired) electrons. The van der Waals surface area contributed by atoms with Gasteiger partial charge in [0.2, 0.25) is 15.9 Å². The molecule has 2 N–H and O–H groups in total. The average Bonchev–Trinajstić information content (AvgIpc) is 3.13. The zero-order valence-corrected chi connectivity index (χ0v) is 12.5. The van der Waals surface area contributed by atoms with Crippen LogP contribution < -0.4 is 10.0 Å². The molecule has 0 unspecified atom stereocenters. The second kappa shape index (κ2) is 5.79. The van der Waals surface area contributed by atoms with Crippen LogP contribution in [0, 0.1) is 5.92 Å². The molecule has 0 aromatic heterocycles. The third kappa shape index (κ3) is 4.18. The van der Waals surface area contributed by atoms with Gasteiger partial charge in [0.25, 0.3) is 0 Å². The van der Waals surface area contributed by atoms with Crippen molar-refractivity contribution in [2.45, 2.75) is 69.7 Å². The van der Waals surface area contributed by atoms with E-state index >= 15 is 0 Å². The number of sulfonamides is 1. The highest BCUT2D eigenvalue weighted by Crippen LogP contribution is 2.27. The minimum absolute atomic E-state index is 0.00243. The molecule has 2 rings (SSSR count). The fourth-order valence-electron chi connectivity index (χ4n) is 2.39. The summed E-state index contributed by atoms with van der Waals surface area (Å²) in [6.45, 7) is 3.36. The summed E-state index contributed by atoms with van der Waals surface area (Å²) >= 11 is 0. The van der Waals surface area contributed by atoms with Crippen molar-refractivity contribution in [2.75, 3.05) is 0 Å². The predicted octanol–water partition coefficient (Wildman–Crippen LogP) is 1.15. The van der Waals surface area contributed by atoms with E-state index in [1.807, 2.05) is 0 Å². The maximum atomic E-state index is 11.9. The lowest BCUT2D eigenvalue weighted by Gasteiger charge is -2.28. The van der Waals surface area contributed by atoms with Gasteiger partial charge in [0.05, 0.1) is 5.25 Å². The molecule has 0 saturated heterocycles. The summed E-state index contributed by atoms with van der Waals surface area (Å²) in [5, 5.41) is 2.63. The van der Waals surface area contributed by atoms with E-state index in [1.54, 1.807) is 13.8 Å². The van der Waals surface area contributed by atoms with E-state index in [2.05, 4.69) is 10.0 Å². The standard InChI is InChI=1S/C13H24N2O3S/c1-9(2)19(17,18)15-12-5-3-10(4-6-12)13(16)14-11-7-8-11/h9-12,15H,3-8H2,1-2H3,(H,14,16). The number of rotatable bonds is 5. The Morgan fingerprint density at radius 3 is 2.00 bits per heavy atom. The molecule has 2 fully saturated rings. The topological polar surface area (TPSA) is 75.3 Å². The van der Waals surface area contributed by atoms with Gasteiger partial charge in [0, 0.05) is 18.0 Å². The molecule has 2 aliphatic carbocycles. The van der Waals surface area contributed by atoms with Gasteiger partial charge in [0.1, 0.15) is 0 Å². The second-order valence-electron chi connectivity index (χ2n) is 6.04. The van der Waals surface area contributed by atoms with E-state index in [0.29, 0.717) is 6.04 Å². The van der Waals surface area contributed by atoms with E-state index < -0.39 is 15.3 Å². The largest absolute Gasteiger partial charge is 0.353 e. The van der Waals surface area contributed by atoms with Crippen molar-refractivity contribution in [3.05, 3.63) is 0 Å². The number of amides is 1. The Morgan fingerprint density at radius 2 is 1.53 bits per heavy atom. The molecule has 0 bridgehead atoms. The molecule has 2 aliphatic rings. The van der Waals surface area contributed by atoms with Gasteiger partial charge in [-0.05, 0) is 52.4 Å². The van der Waals surface area contributed by atoms with Crippen LogP contribution in [0.3, 0.4) is 0 Å². The molecule has 0 atom stereocenters. The normalized spacial score (nSPS) is 28.4. The van der Waals surface area contributed by atoms with Crippen LogP contribution in [0.5, 0.6) is 0 Å². The van der Waals surface area contributed by atoms with Crippen molar-refractivity contribution in [3.63, 3.8) is 0 Å². The minimum Gasteiger partial charge on any atom is -0.353 e. The van der Waals surface area contributed by atoms with Crippen LogP contribution in [-0.2, 0) is 14.8 Å². The molecule has 2 saturated carbocycles. The van der Waals surface area contributed by atoms with Gasteiger partial charge in [0.15, 0.2) is 0 Å². The van der Waals surface area contributed by atoms with E-state index in [-0.39, 0.29) is 17.9 Å². The smallest absolute Gasteiger partial charge is 0.223 e. The van der Waals surface area contributed by atoms with Crippen molar-refractivity contribution in [3.8, 4) is 0 Å². The quantitative estimate of drug-likeness (QED) is 0.797. The monoisotopic (exact) mass is 288 g/mol. The van der Waals surface area contributed by atoms with E-state index in [1.165, 1.54) is 0 Å². The zero-order valence-electron chi connectivity index (χ0n) is 11.7. The molecule has 0 heterocycles. The van der Waals surface area contributed by atoms with Crippen molar-refractivity contribution < 1.29 is 13.2 Å². The average molecular weight is 288 g/mol. The molecule has 0 aromatic carbocycles. The number of carbonyl (C=O) groups excluding carboxylic acids is 1. The number of hydrogen-bond acceptors (Lipinski definition) is 3. The summed E-state index contributed by atoms with van der Waals surface area (Å²) in [5.74, 6) is 0.230. The predicted molar refractivity (Wildman–Crippen MR) is 74.1 cm³/mol. The SMILES string of the molecule is CC(C)S(=O)(=O)NC1CCC(C(=O)NC2CC2)CC1. The lowest BCUT2D eigenvalue weighted by atomic mass is 9.86. The van der Waals surface area contributed by atoms with Crippen LogP contribution in [0.2, 0.25) is 0 Å². The zero-order chi connectivity index (χ0) is 14.0. The Labute approximate surface area is 115 Å². The third-order valence-electron chi connectivity index (χ3n) is 3.97. The van der Waals surface area contributed by atoms with Gasteiger partial charge in [-0.3, -0.25) is 4.79 Å². The molecule has 19 heavy (non-hydrogen) atoms. The van der Waals surface area contributed by atoms with Crippen LogP contribution in [0.4, 0.5) is 0 Å². The Morgan fingerprint density at radius 1 is 1.00 bits per heavy atom. The third-order valence-corrected chi connectivity index (χ3v) is 5.88. The summed E-state index contributed by atoms with van der Waals surface area (Å²) in [4.78, 5) is 11.9. The minimum atomic E-state index is -3.20. The summed E-state index contributed by atoms with van der Waals surface area (Å²) < 4.78 is 26.3. The van der Waals surface area contributed by atoms with Crippen LogP contribution in [-0.4, -0.2) is 31.7 Å². The first-order valence-corrected chi connectivity index (χ1v) is 8.74. The molecule has 0 aliphatic heterocycles. The van der Waals surface area contributed by atoms with Gasteiger partial charge in [-0.15, -0.1) is 0 Å². The number of nitrogens with one attached hydrogen (secondary N) is 2. The van der Waals surface area contributed by atoms with Gasteiger partial charge in [-0.2, -0.15) is 0 Å². The maximum absolute atomic E-state index is 11.9. The van der Waals surface area contributed by atoms with Crippen LogP contribution in [0.15, 0.2) is 0 Å². The van der Waals surface area contributed by atoms with Gasteiger partial charge < -0.3 is 5.32 Å². The number of carbonyl (C=O) groups is 1. The molecule has 6 heteroatoms. The number of hydrogen-bond donors (Lipinski definition) is 2. The Bertz CT molecular complexity index is 421. The molecule has 1 amide bonds. The van der Waals surface area contributed by atoms with E-state index in [4.69, 9.17) is 0 Å². The Balaban J connectivity index is 1.77. The summed E-state index contributed by atoms with van der Waals surface area (Å²) in [6.07, 6.45) is 5.29. The molecule has 0 spiro atoms. The first-order valence-electron chi connectivity index (χ1n) is 7.20. The lowest BCUT2D eigenvalue weighted by molar-refractivity contribution is -0.126. The maximum Gasteiger partial charge on any atom is 0.223 e. The van der Waals surface area contributed by atoms with Gasteiger partial charge in [-0.25, -0.2) is 13.1 Å². The van der Waals surface area contributed by atoms with Gasteiger partial charge in [-0.1, -0.05) is 0 Å². The van der Waals surface area contributed by atoms with Crippen LogP contribution >= 0.6 is 0 Å². The molecule has 0 aromatic rings. The fourth-order valence-corrected chi connectivity index (χ4v) is 3.36. The Hall–Kier alpha value is -0.620. The van der Waals surface area contributed by atoms with Crippen molar-refractivity contribution in [1.29, 1.82) is 0 Å². The van der Waals surface area contributed by atoms with Crippen LogP contribution in [0.1, 0.15) is 52.4 Å². The molecular weight excluding hydrogens is 264 g/mol. The van der Waals surface area contributed by atoms with Crippen LogP contribution in [0.25, 0.3) is 0 Å². The second-order valence-corrected chi connectivity index (χ2v) is 8.31. The summed E-state index contributed by atoms with van der Waals surface area (Å²) in [6, 6.07) is 0.405. The lowest BCUT2D eigenvalue weighted by Crippen LogP contribution is -2.43. The highest BCUT2D eigenvalue weighted by atomic mass is 32.2. The highest BCUT2D eigenvalue weighted by Gasteiger charge is 2.32. The van der Waals surface area contributed by atoms with Crippen molar-refractivity contribution >= 4 is 15.9 Å². The summed E-state index contributed by atoms with van der Waals surface area (Å²) in [5.41, 5.74) is 0. The van der Waals surface area contributed by atoms with Crippen molar-refractivity contribution in [1.82, 2.24) is 10.0 Å².